The third-order valence-corrected chi connectivity index (χ3v) is 5.40. The summed E-state index contributed by atoms with van der Waals surface area (Å²) in [6.45, 7) is 5.64. The number of amides is 1. The third kappa shape index (κ3) is 4.89. The van der Waals surface area contributed by atoms with Gasteiger partial charge in [-0.05, 0) is 49.2 Å². The Labute approximate surface area is 169 Å². The maximum Gasteiger partial charge on any atom is 0.254 e. The molecule has 3 rings (SSSR count). The lowest BCUT2D eigenvalue weighted by molar-refractivity contribution is 0.0667. The molecule has 0 saturated heterocycles. The summed E-state index contributed by atoms with van der Waals surface area (Å²) in [6.07, 6.45) is 3.00. The number of carbonyl (C=O) groups excluding carboxylic acids is 1. The predicted molar refractivity (Wildman–Crippen MR) is 114 cm³/mol. The van der Waals surface area contributed by atoms with Crippen molar-refractivity contribution in [3.05, 3.63) is 94.2 Å². The molecule has 3 nitrogen and oxygen atoms in total. The highest BCUT2D eigenvalue weighted by molar-refractivity contribution is 9.10. The second-order valence-electron chi connectivity index (χ2n) is 6.81. The zero-order valence-corrected chi connectivity index (χ0v) is 17.4. The van der Waals surface area contributed by atoms with Gasteiger partial charge >= 0.3 is 0 Å². The lowest BCUT2D eigenvalue weighted by Gasteiger charge is -2.29. The Morgan fingerprint density at radius 1 is 1.07 bits per heavy atom. The molecular formula is C23H25BrN2O. The topological polar surface area (TPSA) is 25.2 Å². The zero-order chi connectivity index (χ0) is 19.2. The van der Waals surface area contributed by atoms with E-state index in [-0.39, 0.29) is 11.9 Å². The molecule has 0 fully saturated rings. The summed E-state index contributed by atoms with van der Waals surface area (Å²) >= 11 is 3.47. The molecule has 0 bridgehead atoms. The van der Waals surface area contributed by atoms with Crippen LogP contribution in [0, 0.1) is 0 Å². The van der Waals surface area contributed by atoms with Crippen LogP contribution >= 0.6 is 15.9 Å². The van der Waals surface area contributed by atoms with Gasteiger partial charge in [0.15, 0.2) is 0 Å². The second kappa shape index (κ2) is 9.05. The van der Waals surface area contributed by atoms with Crippen LogP contribution in [0.4, 0.5) is 0 Å². The van der Waals surface area contributed by atoms with E-state index >= 15 is 0 Å². The van der Waals surface area contributed by atoms with Gasteiger partial charge in [0.05, 0.1) is 6.54 Å². The quantitative estimate of drug-likeness (QED) is 0.474. The Balaban J connectivity index is 1.84. The molecule has 0 radical (unpaired) electrons. The number of aromatic nitrogens is 1. The van der Waals surface area contributed by atoms with Gasteiger partial charge in [-0.1, -0.05) is 59.3 Å². The first-order valence-corrected chi connectivity index (χ1v) is 10.1. The summed E-state index contributed by atoms with van der Waals surface area (Å²) < 4.78 is 3.14. The summed E-state index contributed by atoms with van der Waals surface area (Å²) in [5.74, 6) is 0.0677. The SMILES string of the molecule is CCC(C)N(Cc1cccn1Cc1ccccc1)C(=O)c1cccc(Br)c1. The molecule has 0 N–H and O–H groups in total. The zero-order valence-electron chi connectivity index (χ0n) is 15.8. The van der Waals surface area contributed by atoms with Gasteiger partial charge in [-0.25, -0.2) is 0 Å². The predicted octanol–water partition coefficient (Wildman–Crippen LogP) is 5.74. The van der Waals surface area contributed by atoms with Crippen molar-refractivity contribution in [2.45, 2.75) is 39.4 Å². The van der Waals surface area contributed by atoms with Crippen LogP contribution in [0.1, 0.15) is 41.9 Å². The van der Waals surface area contributed by atoms with E-state index < -0.39 is 0 Å². The molecule has 1 heterocycles. The van der Waals surface area contributed by atoms with Crippen molar-refractivity contribution in [1.82, 2.24) is 9.47 Å². The van der Waals surface area contributed by atoms with Gasteiger partial charge < -0.3 is 9.47 Å². The first-order chi connectivity index (χ1) is 13.1. The lowest BCUT2D eigenvalue weighted by Crippen LogP contribution is -2.38. The highest BCUT2D eigenvalue weighted by Crippen LogP contribution is 2.19. The van der Waals surface area contributed by atoms with Gasteiger partial charge in [0, 0.05) is 34.5 Å². The summed E-state index contributed by atoms with van der Waals surface area (Å²) in [6, 6.07) is 22.3. The summed E-state index contributed by atoms with van der Waals surface area (Å²) in [5.41, 5.74) is 3.11. The van der Waals surface area contributed by atoms with Gasteiger partial charge in [0.2, 0.25) is 0 Å². The molecule has 0 spiro atoms. The molecule has 0 saturated carbocycles. The van der Waals surface area contributed by atoms with Crippen molar-refractivity contribution in [2.75, 3.05) is 0 Å². The Bertz CT molecular complexity index is 888. The first-order valence-electron chi connectivity index (χ1n) is 9.33. The van der Waals surface area contributed by atoms with E-state index in [9.17, 15) is 4.79 Å². The van der Waals surface area contributed by atoms with Crippen molar-refractivity contribution in [3.8, 4) is 0 Å². The number of rotatable bonds is 7. The summed E-state index contributed by atoms with van der Waals surface area (Å²) in [7, 11) is 0. The lowest BCUT2D eigenvalue weighted by atomic mass is 10.1. The molecule has 3 aromatic rings. The van der Waals surface area contributed by atoms with Gasteiger partial charge in [0.1, 0.15) is 0 Å². The highest BCUT2D eigenvalue weighted by atomic mass is 79.9. The molecule has 1 atom stereocenters. The van der Waals surface area contributed by atoms with Gasteiger partial charge in [-0.2, -0.15) is 0 Å². The number of halogens is 1. The number of hydrogen-bond donors (Lipinski definition) is 0. The van der Waals surface area contributed by atoms with Crippen LogP contribution in [-0.4, -0.2) is 21.4 Å². The van der Waals surface area contributed by atoms with Crippen LogP contribution < -0.4 is 0 Å². The molecule has 1 unspecified atom stereocenters. The van der Waals surface area contributed by atoms with Crippen LogP contribution in [0.25, 0.3) is 0 Å². The average molecular weight is 425 g/mol. The Morgan fingerprint density at radius 3 is 2.56 bits per heavy atom. The minimum Gasteiger partial charge on any atom is -0.345 e. The molecule has 2 aromatic carbocycles. The van der Waals surface area contributed by atoms with Crippen LogP contribution in [0.15, 0.2) is 77.4 Å². The molecule has 0 aliphatic carbocycles. The number of hydrogen-bond acceptors (Lipinski definition) is 1. The van der Waals surface area contributed by atoms with E-state index in [1.54, 1.807) is 0 Å². The third-order valence-electron chi connectivity index (χ3n) is 4.91. The van der Waals surface area contributed by atoms with E-state index in [2.05, 4.69) is 76.9 Å². The van der Waals surface area contributed by atoms with Crippen molar-refractivity contribution in [3.63, 3.8) is 0 Å². The minimum atomic E-state index is 0.0677. The van der Waals surface area contributed by atoms with Crippen molar-refractivity contribution < 1.29 is 4.79 Å². The second-order valence-corrected chi connectivity index (χ2v) is 7.73. The monoisotopic (exact) mass is 424 g/mol. The molecule has 0 aliphatic heterocycles. The molecular weight excluding hydrogens is 400 g/mol. The fraction of sp³-hybridized carbons (Fsp3) is 0.261. The molecule has 27 heavy (non-hydrogen) atoms. The molecule has 0 aliphatic rings. The van der Waals surface area contributed by atoms with Crippen molar-refractivity contribution >= 4 is 21.8 Å². The Kier molecular flexibility index (Phi) is 6.51. The largest absolute Gasteiger partial charge is 0.345 e. The van der Waals surface area contributed by atoms with Crippen LogP contribution in [0.5, 0.6) is 0 Å². The van der Waals surface area contributed by atoms with E-state index in [1.807, 2.05) is 35.2 Å². The van der Waals surface area contributed by atoms with Crippen molar-refractivity contribution in [2.24, 2.45) is 0 Å². The maximum atomic E-state index is 13.2. The smallest absolute Gasteiger partial charge is 0.254 e. The normalized spacial score (nSPS) is 12.0. The van der Waals surface area contributed by atoms with Gasteiger partial charge in [-0.3, -0.25) is 4.79 Å². The average Bonchev–Trinajstić information content (AvgIpc) is 3.12. The van der Waals surface area contributed by atoms with E-state index in [0.717, 1.165) is 23.1 Å². The standard InChI is InChI=1S/C23H25BrN2O/c1-3-18(2)26(23(27)20-11-7-12-21(24)15-20)17-22-13-8-14-25(22)16-19-9-5-4-6-10-19/h4-15,18H,3,16-17H2,1-2H3. The number of benzene rings is 2. The maximum absolute atomic E-state index is 13.2. The van der Waals surface area contributed by atoms with E-state index in [0.29, 0.717) is 12.1 Å². The Hall–Kier alpha value is -2.33. The molecule has 4 heteroatoms. The van der Waals surface area contributed by atoms with Gasteiger partial charge in [0.25, 0.3) is 5.91 Å². The van der Waals surface area contributed by atoms with Crippen LogP contribution in [-0.2, 0) is 13.1 Å². The Morgan fingerprint density at radius 2 is 1.85 bits per heavy atom. The van der Waals surface area contributed by atoms with E-state index in [1.165, 1.54) is 5.56 Å². The molecule has 1 aromatic heterocycles. The van der Waals surface area contributed by atoms with E-state index in [4.69, 9.17) is 0 Å². The number of nitrogens with zero attached hydrogens (tertiary/aromatic N) is 2. The van der Waals surface area contributed by atoms with Crippen LogP contribution in [0.2, 0.25) is 0 Å². The summed E-state index contributed by atoms with van der Waals surface area (Å²) in [4.78, 5) is 15.2. The fourth-order valence-corrected chi connectivity index (χ4v) is 3.54. The highest BCUT2D eigenvalue weighted by Gasteiger charge is 2.22. The minimum absolute atomic E-state index is 0.0677. The van der Waals surface area contributed by atoms with Gasteiger partial charge in [-0.15, -0.1) is 0 Å². The first kappa shape index (κ1) is 19.4. The molecule has 1 amide bonds. The number of carbonyl (C=O) groups is 1. The molecule has 140 valence electrons. The van der Waals surface area contributed by atoms with Crippen molar-refractivity contribution in [1.29, 1.82) is 0 Å². The fourth-order valence-electron chi connectivity index (χ4n) is 3.14. The summed E-state index contributed by atoms with van der Waals surface area (Å²) in [5, 5.41) is 0. The van der Waals surface area contributed by atoms with Crippen LogP contribution in [0.3, 0.4) is 0 Å².